The van der Waals surface area contributed by atoms with Crippen LogP contribution >= 0.6 is 34.9 Å². The number of thioether (sulfide) groups is 2. The maximum Gasteiger partial charge on any atom is 0.238 e. The molecule has 11 heteroatoms. The van der Waals surface area contributed by atoms with E-state index < -0.39 is 10.0 Å². The van der Waals surface area contributed by atoms with E-state index in [1.165, 1.54) is 63.7 Å². The fourth-order valence-corrected chi connectivity index (χ4v) is 6.26. The van der Waals surface area contributed by atoms with Gasteiger partial charge in [-0.1, -0.05) is 77.3 Å². The maximum absolute atomic E-state index is 12.2. The van der Waals surface area contributed by atoms with Crippen LogP contribution in [-0.2, 0) is 20.6 Å². The van der Waals surface area contributed by atoms with E-state index in [1.807, 2.05) is 12.1 Å². The highest BCUT2D eigenvalue weighted by Gasteiger charge is 2.11. The van der Waals surface area contributed by atoms with E-state index in [1.54, 1.807) is 11.8 Å². The van der Waals surface area contributed by atoms with Gasteiger partial charge in [-0.25, -0.2) is 13.6 Å². The summed E-state index contributed by atoms with van der Waals surface area (Å²) < 4.78 is 24.1. The number of rotatable bonds is 8. The Hall–Kier alpha value is -2.44. The Kier molecular flexibility index (Phi) is 7.11. The normalized spacial score (nSPS) is 11.5. The summed E-state index contributed by atoms with van der Waals surface area (Å²) in [4.78, 5) is 12.2. The molecule has 0 fully saturated rings. The van der Waals surface area contributed by atoms with Crippen molar-refractivity contribution in [2.24, 2.45) is 5.14 Å². The van der Waals surface area contributed by atoms with Crippen LogP contribution in [0, 0.1) is 0 Å². The number of primary sulfonamides is 1. The van der Waals surface area contributed by atoms with E-state index in [0.717, 1.165) is 10.1 Å². The number of nitrogens with two attached hydrogens (primary N) is 1. The zero-order valence-electron chi connectivity index (χ0n) is 16.6. The molecular weight excluding hydrogens is 485 g/mol. The van der Waals surface area contributed by atoms with E-state index in [0.29, 0.717) is 10.0 Å². The molecule has 0 atom stereocenters. The van der Waals surface area contributed by atoms with Gasteiger partial charge in [-0.15, -0.1) is 10.2 Å². The first kappa shape index (κ1) is 22.7. The largest absolute Gasteiger partial charge is 0.325 e. The van der Waals surface area contributed by atoms with Crippen LogP contribution in [0.25, 0.3) is 10.8 Å². The summed E-state index contributed by atoms with van der Waals surface area (Å²) >= 11 is 4.38. The summed E-state index contributed by atoms with van der Waals surface area (Å²) in [5.41, 5.74) is 1.73. The molecule has 3 aromatic carbocycles. The zero-order chi connectivity index (χ0) is 22.6. The molecule has 4 rings (SSSR count). The summed E-state index contributed by atoms with van der Waals surface area (Å²) in [5.74, 6) is 0.730. The molecule has 0 aliphatic rings. The number of sulfonamides is 1. The molecule has 1 amide bonds. The van der Waals surface area contributed by atoms with E-state index in [4.69, 9.17) is 5.14 Å². The number of anilines is 1. The molecule has 0 bridgehead atoms. The van der Waals surface area contributed by atoms with Crippen LogP contribution < -0.4 is 10.5 Å². The van der Waals surface area contributed by atoms with Gasteiger partial charge in [0, 0.05) is 11.4 Å². The number of nitrogens with one attached hydrogen (secondary N) is 1. The molecule has 3 N–H and O–H groups in total. The van der Waals surface area contributed by atoms with Crippen molar-refractivity contribution in [2.45, 2.75) is 19.3 Å². The number of hydrogen-bond donors (Lipinski definition) is 2. The zero-order valence-corrected chi connectivity index (χ0v) is 19.9. The SMILES string of the molecule is NS(=O)(=O)c1ccc(NC(=O)CSc2nnc(SCc3cccc4ccccc34)s2)cc1. The van der Waals surface area contributed by atoms with Crippen LogP contribution in [0.15, 0.2) is 80.3 Å². The average Bonchev–Trinajstić information content (AvgIpc) is 3.24. The Labute approximate surface area is 197 Å². The molecule has 0 aliphatic carbocycles. The van der Waals surface area contributed by atoms with Crippen LogP contribution in [0.5, 0.6) is 0 Å². The molecule has 32 heavy (non-hydrogen) atoms. The molecule has 0 saturated carbocycles. The van der Waals surface area contributed by atoms with Gasteiger partial charge in [0.15, 0.2) is 8.68 Å². The number of fused-ring (bicyclic) bond motifs is 1. The predicted octanol–water partition coefficient (Wildman–Crippen LogP) is 4.36. The van der Waals surface area contributed by atoms with E-state index in [2.05, 4.69) is 45.8 Å². The maximum atomic E-state index is 12.2. The number of benzene rings is 3. The Bertz CT molecular complexity index is 1350. The Morgan fingerprint density at radius 3 is 2.38 bits per heavy atom. The highest BCUT2D eigenvalue weighted by atomic mass is 32.2. The number of carbonyl (C=O) groups is 1. The van der Waals surface area contributed by atoms with Gasteiger partial charge in [-0.05, 0) is 40.6 Å². The molecule has 164 valence electrons. The van der Waals surface area contributed by atoms with E-state index in [9.17, 15) is 13.2 Å². The Morgan fingerprint density at radius 1 is 0.938 bits per heavy atom. The van der Waals surface area contributed by atoms with Crippen molar-refractivity contribution in [3.8, 4) is 0 Å². The summed E-state index contributed by atoms with van der Waals surface area (Å²) in [6.45, 7) is 0. The molecular formula is C21H18N4O3S4. The van der Waals surface area contributed by atoms with Crippen LogP contribution in [0.2, 0.25) is 0 Å². The van der Waals surface area contributed by atoms with Crippen LogP contribution in [-0.4, -0.2) is 30.3 Å². The van der Waals surface area contributed by atoms with Crippen molar-refractivity contribution in [1.29, 1.82) is 0 Å². The quantitative estimate of drug-likeness (QED) is 0.344. The molecule has 0 spiro atoms. The highest BCUT2D eigenvalue weighted by Crippen LogP contribution is 2.32. The lowest BCUT2D eigenvalue weighted by molar-refractivity contribution is -0.113. The van der Waals surface area contributed by atoms with E-state index >= 15 is 0 Å². The summed E-state index contributed by atoms with van der Waals surface area (Å²) in [6.07, 6.45) is 0. The summed E-state index contributed by atoms with van der Waals surface area (Å²) in [7, 11) is -3.76. The average molecular weight is 503 g/mol. The molecule has 7 nitrogen and oxygen atoms in total. The van der Waals surface area contributed by atoms with Gasteiger partial charge in [0.2, 0.25) is 15.9 Å². The van der Waals surface area contributed by atoms with Gasteiger partial charge in [0.05, 0.1) is 10.6 Å². The van der Waals surface area contributed by atoms with Crippen LogP contribution in [0.4, 0.5) is 5.69 Å². The van der Waals surface area contributed by atoms with Crippen LogP contribution in [0.1, 0.15) is 5.56 Å². The third-order valence-electron chi connectivity index (χ3n) is 4.41. The number of hydrogen-bond acceptors (Lipinski definition) is 8. The van der Waals surface area contributed by atoms with Gasteiger partial charge < -0.3 is 5.32 Å². The number of nitrogens with zero attached hydrogens (tertiary/aromatic N) is 2. The first-order valence-corrected chi connectivity index (χ1v) is 13.7. The number of amides is 1. The fraction of sp³-hybridized carbons (Fsp3) is 0.0952. The lowest BCUT2D eigenvalue weighted by atomic mass is 10.1. The summed E-state index contributed by atoms with van der Waals surface area (Å²) in [6, 6.07) is 20.2. The smallest absolute Gasteiger partial charge is 0.238 e. The molecule has 1 heterocycles. The third kappa shape index (κ3) is 5.87. The van der Waals surface area contributed by atoms with Crippen molar-refractivity contribution in [2.75, 3.05) is 11.1 Å². The van der Waals surface area contributed by atoms with Crippen molar-refractivity contribution in [1.82, 2.24) is 10.2 Å². The van der Waals surface area contributed by atoms with Crippen LogP contribution in [0.3, 0.4) is 0 Å². The van der Waals surface area contributed by atoms with Crippen molar-refractivity contribution >= 4 is 67.3 Å². The molecule has 0 radical (unpaired) electrons. The Balaban J connectivity index is 1.29. The molecule has 4 aromatic rings. The highest BCUT2D eigenvalue weighted by molar-refractivity contribution is 8.03. The van der Waals surface area contributed by atoms with E-state index in [-0.39, 0.29) is 16.6 Å². The molecule has 0 saturated heterocycles. The summed E-state index contributed by atoms with van der Waals surface area (Å²) in [5, 5.41) is 18.6. The third-order valence-corrected chi connectivity index (χ3v) is 8.58. The van der Waals surface area contributed by atoms with Crippen molar-refractivity contribution in [3.63, 3.8) is 0 Å². The number of aromatic nitrogens is 2. The van der Waals surface area contributed by atoms with Crippen molar-refractivity contribution < 1.29 is 13.2 Å². The lowest BCUT2D eigenvalue weighted by Gasteiger charge is -2.05. The molecule has 0 unspecified atom stereocenters. The monoisotopic (exact) mass is 502 g/mol. The second kappa shape index (κ2) is 10.0. The second-order valence-corrected chi connectivity index (χ2v) is 11.7. The minimum atomic E-state index is -3.76. The minimum Gasteiger partial charge on any atom is -0.325 e. The standard InChI is InChI=1S/C21H18N4O3S4/c22-32(27,28)17-10-8-16(9-11-17)23-19(26)13-30-21-25-24-20(31-21)29-12-15-6-3-5-14-4-1-2-7-18(14)15/h1-11H,12-13H2,(H,23,26)(H2,22,27,28). The van der Waals surface area contributed by atoms with Gasteiger partial charge in [0.25, 0.3) is 0 Å². The van der Waals surface area contributed by atoms with Gasteiger partial charge >= 0.3 is 0 Å². The Morgan fingerprint density at radius 2 is 1.62 bits per heavy atom. The first-order valence-electron chi connectivity index (χ1n) is 9.37. The predicted molar refractivity (Wildman–Crippen MR) is 131 cm³/mol. The molecule has 1 aromatic heterocycles. The topological polar surface area (TPSA) is 115 Å². The fourth-order valence-electron chi connectivity index (χ4n) is 2.92. The lowest BCUT2D eigenvalue weighted by Crippen LogP contribution is -2.15. The van der Waals surface area contributed by atoms with Gasteiger partial charge in [0.1, 0.15) is 0 Å². The van der Waals surface area contributed by atoms with Crippen molar-refractivity contribution in [3.05, 3.63) is 72.3 Å². The first-order chi connectivity index (χ1) is 15.4. The second-order valence-electron chi connectivity index (χ2n) is 6.67. The van der Waals surface area contributed by atoms with Gasteiger partial charge in [-0.3, -0.25) is 4.79 Å². The minimum absolute atomic E-state index is 0.00716. The van der Waals surface area contributed by atoms with Gasteiger partial charge in [-0.2, -0.15) is 0 Å². The number of carbonyl (C=O) groups excluding carboxylic acids is 1. The molecule has 0 aliphatic heterocycles.